The fraction of sp³-hybridized carbons (Fsp3) is 0.900. The van der Waals surface area contributed by atoms with Crippen molar-refractivity contribution in [3.05, 3.63) is 0 Å². The summed E-state index contributed by atoms with van der Waals surface area (Å²) in [6.45, 7) is 8.58. The van der Waals surface area contributed by atoms with E-state index in [-0.39, 0.29) is 6.15 Å². The Kier molecular flexibility index (Phi) is 25.2. The first kappa shape index (κ1) is 19.9. The Morgan fingerprint density at radius 3 is 2.13 bits per heavy atom. The fourth-order valence-corrected chi connectivity index (χ4v) is 0.692. The van der Waals surface area contributed by atoms with Crippen LogP contribution in [-0.4, -0.2) is 25.6 Å². The van der Waals surface area contributed by atoms with Crippen molar-refractivity contribution >= 4 is 5.84 Å². The van der Waals surface area contributed by atoms with Gasteiger partial charge in [-0.3, -0.25) is 4.99 Å². The first-order valence-corrected chi connectivity index (χ1v) is 5.36. The second-order valence-electron chi connectivity index (χ2n) is 3.08. The molecule has 0 aliphatic rings. The maximum absolute atomic E-state index is 5.23. The summed E-state index contributed by atoms with van der Waals surface area (Å²) in [4.78, 5) is 3.94. The van der Waals surface area contributed by atoms with Crippen LogP contribution in [0.2, 0.25) is 0 Å². The van der Waals surface area contributed by atoms with Gasteiger partial charge in [-0.1, -0.05) is 20.3 Å². The monoisotopic (exact) mass is 219 g/mol. The molecule has 0 fully saturated rings. The number of hydrogen-bond acceptors (Lipinski definition) is 4. The zero-order valence-corrected chi connectivity index (χ0v) is 10.6. The van der Waals surface area contributed by atoms with E-state index in [0.29, 0.717) is 12.5 Å². The Hall–Kier alpha value is -0.650. The lowest BCUT2D eigenvalue weighted by Crippen LogP contribution is -2.22. The highest BCUT2D eigenvalue weighted by Gasteiger charge is 1.77. The average molecular weight is 219 g/mol. The van der Waals surface area contributed by atoms with E-state index < -0.39 is 0 Å². The van der Waals surface area contributed by atoms with Gasteiger partial charge in [0.2, 0.25) is 0 Å². The number of amidine groups is 1. The standard InChI is InChI=1S/C5H12N2.C5H14N2.H3N/c1-3-4-7-5(2)6;1-2-3-4-7-5-6;/h3-4H2,1-2H3,(H2,6,7);7H,2-6H2,1H3;1H3. The summed E-state index contributed by atoms with van der Waals surface area (Å²) in [7, 11) is 0. The SMILES string of the molecule is CCCCNCN.CCCN=C(C)N.N. The van der Waals surface area contributed by atoms with E-state index in [9.17, 15) is 0 Å². The minimum atomic E-state index is 0. The molecule has 0 aromatic carbocycles. The van der Waals surface area contributed by atoms with Crippen LogP contribution in [0.3, 0.4) is 0 Å². The first-order chi connectivity index (χ1) is 6.68. The topological polar surface area (TPSA) is 111 Å². The molecule has 0 aliphatic carbocycles. The van der Waals surface area contributed by atoms with Gasteiger partial charge < -0.3 is 22.9 Å². The van der Waals surface area contributed by atoms with Gasteiger partial charge >= 0.3 is 0 Å². The Morgan fingerprint density at radius 1 is 1.27 bits per heavy atom. The third-order valence-electron chi connectivity index (χ3n) is 1.44. The summed E-state index contributed by atoms with van der Waals surface area (Å²) in [6, 6.07) is 0. The van der Waals surface area contributed by atoms with Crippen LogP contribution in [0.15, 0.2) is 4.99 Å². The van der Waals surface area contributed by atoms with Crippen LogP contribution >= 0.6 is 0 Å². The largest absolute Gasteiger partial charge is 0.388 e. The molecule has 0 unspecified atom stereocenters. The van der Waals surface area contributed by atoms with E-state index in [1.807, 2.05) is 0 Å². The molecule has 0 aromatic rings. The fourth-order valence-electron chi connectivity index (χ4n) is 0.692. The predicted octanol–water partition coefficient (Wildman–Crippen LogP) is 1.23. The van der Waals surface area contributed by atoms with E-state index in [4.69, 9.17) is 11.5 Å². The lowest BCUT2D eigenvalue weighted by molar-refractivity contribution is 0.653. The molecule has 5 nitrogen and oxygen atoms in total. The highest BCUT2D eigenvalue weighted by Crippen LogP contribution is 1.79. The van der Waals surface area contributed by atoms with Crippen molar-refractivity contribution in [3.63, 3.8) is 0 Å². The van der Waals surface area contributed by atoms with Gasteiger partial charge in [0.1, 0.15) is 0 Å². The zero-order chi connectivity index (χ0) is 11.2. The van der Waals surface area contributed by atoms with E-state index >= 15 is 0 Å². The molecular formula is C10H29N5. The van der Waals surface area contributed by atoms with Gasteiger partial charge in [0.05, 0.1) is 5.84 Å². The molecule has 0 saturated carbocycles. The van der Waals surface area contributed by atoms with E-state index in [0.717, 1.165) is 19.5 Å². The lowest BCUT2D eigenvalue weighted by atomic mass is 10.3. The highest BCUT2D eigenvalue weighted by atomic mass is 14.9. The molecule has 15 heavy (non-hydrogen) atoms. The molecule has 0 amide bonds. The summed E-state index contributed by atoms with van der Waals surface area (Å²) in [5.74, 6) is 0.682. The molecule has 0 atom stereocenters. The summed E-state index contributed by atoms with van der Waals surface area (Å²) in [6.07, 6.45) is 3.55. The first-order valence-electron chi connectivity index (χ1n) is 5.36. The van der Waals surface area contributed by atoms with Crippen molar-refractivity contribution in [3.8, 4) is 0 Å². The van der Waals surface area contributed by atoms with Gasteiger partial charge in [-0.15, -0.1) is 0 Å². The number of nitrogens with zero attached hydrogens (tertiary/aromatic N) is 1. The zero-order valence-electron chi connectivity index (χ0n) is 10.6. The van der Waals surface area contributed by atoms with Crippen LogP contribution in [0.1, 0.15) is 40.0 Å². The van der Waals surface area contributed by atoms with Crippen molar-refractivity contribution in [2.75, 3.05) is 19.8 Å². The number of unbranched alkanes of at least 4 members (excludes halogenated alkanes) is 1. The molecule has 0 spiro atoms. The molecule has 0 saturated heterocycles. The quantitative estimate of drug-likeness (QED) is 0.233. The van der Waals surface area contributed by atoms with Crippen molar-refractivity contribution in [1.82, 2.24) is 11.5 Å². The summed E-state index contributed by atoms with van der Waals surface area (Å²) < 4.78 is 0. The number of nitrogens with one attached hydrogen (secondary N) is 1. The third kappa shape index (κ3) is 31.8. The highest BCUT2D eigenvalue weighted by molar-refractivity contribution is 5.77. The second-order valence-corrected chi connectivity index (χ2v) is 3.08. The normalized spacial score (nSPS) is 10.0. The van der Waals surface area contributed by atoms with E-state index in [2.05, 4.69) is 24.2 Å². The van der Waals surface area contributed by atoms with Gasteiger partial charge in [0.15, 0.2) is 0 Å². The molecule has 0 bridgehead atoms. The predicted molar refractivity (Wildman–Crippen MR) is 69.4 cm³/mol. The van der Waals surface area contributed by atoms with Crippen molar-refractivity contribution in [1.29, 1.82) is 0 Å². The van der Waals surface area contributed by atoms with E-state index in [1.165, 1.54) is 12.8 Å². The molecule has 0 aliphatic heterocycles. The van der Waals surface area contributed by atoms with Gasteiger partial charge in [-0.05, 0) is 26.3 Å². The average Bonchev–Trinajstić information content (AvgIpc) is 2.16. The van der Waals surface area contributed by atoms with Crippen LogP contribution in [0.4, 0.5) is 0 Å². The Balaban J connectivity index is -0.000000180. The molecule has 0 heterocycles. The second kappa shape index (κ2) is 19.0. The summed E-state index contributed by atoms with van der Waals surface area (Å²) >= 11 is 0. The molecular weight excluding hydrogens is 190 g/mol. The van der Waals surface area contributed by atoms with E-state index in [1.54, 1.807) is 6.92 Å². The molecule has 0 rings (SSSR count). The van der Waals surface area contributed by atoms with Crippen molar-refractivity contribution in [2.45, 2.75) is 40.0 Å². The third-order valence-corrected chi connectivity index (χ3v) is 1.44. The minimum absolute atomic E-state index is 0. The Morgan fingerprint density at radius 2 is 1.87 bits per heavy atom. The molecule has 5 heteroatoms. The lowest BCUT2D eigenvalue weighted by Gasteiger charge is -1.95. The van der Waals surface area contributed by atoms with Crippen LogP contribution in [0, 0.1) is 0 Å². The molecule has 94 valence electrons. The maximum Gasteiger partial charge on any atom is 0.0905 e. The number of rotatable bonds is 6. The Bertz CT molecular complexity index is 117. The molecule has 0 aromatic heterocycles. The summed E-state index contributed by atoms with van der Waals surface area (Å²) in [5.41, 5.74) is 10.4. The van der Waals surface area contributed by atoms with Crippen LogP contribution < -0.4 is 22.9 Å². The number of aliphatic imine (C=N–C) groups is 1. The van der Waals surface area contributed by atoms with Gasteiger partial charge in [0.25, 0.3) is 0 Å². The van der Waals surface area contributed by atoms with Crippen molar-refractivity contribution < 1.29 is 0 Å². The van der Waals surface area contributed by atoms with Crippen LogP contribution in [0.5, 0.6) is 0 Å². The van der Waals surface area contributed by atoms with Crippen LogP contribution in [-0.2, 0) is 0 Å². The Labute approximate surface area is 94.3 Å². The van der Waals surface area contributed by atoms with Gasteiger partial charge in [0, 0.05) is 13.2 Å². The number of hydrogen-bond donors (Lipinski definition) is 4. The number of nitrogens with two attached hydrogens (primary N) is 2. The van der Waals surface area contributed by atoms with Gasteiger partial charge in [-0.25, -0.2) is 0 Å². The maximum atomic E-state index is 5.23. The summed E-state index contributed by atoms with van der Waals surface area (Å²) in [5, 5.41) is 3.03. The molecule has 8 N–H and O–H groups in total. The van der Waals surface area contributed by atoms with Crippen molar-refractivity contribution in [2.24, 2.45) is 16.5 Å². The molecule has 0 radical (unpaired) electrons. The smallest absolute Gasteiger partial charge is 0.0905 e. The van der Waals surface area contributed by atoms with Crippen LogP contribution in [0.25, 0.3) is 0 Å². The van der Waals surface area contributed by atoms with Gasteiger partial charge in [-0.2, -0.15) is 0 Å². The minimum Gasteiger partial charge on any atom is -0.388 e.